The van der Waals surface area contributed by atoms with Crippen molar-refractivity contribution in [1.82, 2.24) is 4.98 Å². The van der Waals surface area contributed by atoms with Crippen molar-refractivity contribution in [2.45, 2.75) is 27.4 Å². The first kappa shape index (κ1) is 14.9. The standard InChI is InChI=1S/C12H20N2O3S/c1-12(2,3)7-14(4)11-13-8(6-17-5)9(18-11)10(15)16/h6-7H2,1-5H3,(H,15,16). The molecule has 1 heterocycles. The molecule has 0 aromatic carbocycles. The second-order valence-electron chi connectivity index (χ2n) is 5.43. The van der Waals surface area contributed by atoms with E-state index in [0.29, 0.717) is 5.69 Å². The number of hydrogen-bond acceptors (Lipinski definition) is 5. The van der Waals surface area contributed by atoms with Gasteiger partial charge < -0.3 is 14.7 Å². The molecule has 1 rings (SSSR count). The molecule has 18 heavy (non-hydrogen) atoms. The summed E-state index contributed by atoms with van der Waals surface area (Å²) in [5.41, 5.74) is 0.622. The monoisotopic (exact) mass is 272 g/mol. The van der Waals surface area contributed by atoms with Crippen molar-refractivity contribution in [3.63, 3.8) is 0 Å². The van der Waals surface area contributed by atoms with Gasteiger partial charge in [-0.2, -0.15) is 0 Å². The predicted octanol–water partition coefficient (Wildman–Crippen LogP) is 2.47. The van der Waals surface area contributed by atoms with Crippen molar-refractivity contribution in [2.75, 3.05) is 25.6 Å². The van der Waals surface area contributed by atoms with Gasteiger partial charge in [-0.15, -0.1) is 0 Å². The lowest BCUT2D eigenvalue weighted by Gasteiger charge is -2.26. The first-order valence-electron chi connectivity index (χ1n) is 5.67. The van der Waals surface area contributed by atoms with Crippen molar-refractivity contribution >= 4 is 22.4 Å². The maximum absolute atomic E-state index is 11.1. The Kier molecular flexibility index (Phi) is 4.70. The van der Waals surface area contributed by atoms with Gasteiger partial charge in [-0.3, -0.25) is 0 Å². The van der Waals surface area contributed by atoms with Crippen LogP contribution in [-0.2, 0) is 11.3 Å². The highest BCUT2D eigenvalue weighted by molar-refractivity contribution is 7.17. The Balaban J connectivity index is 2.96. The molecule has 0 aliphatic rings. The Morgan fingerprint density at radius 1 is 1.50 bits per heavy atom. The van der Waals surface area contributed by atoms with E-state index in [1.165, 1.54) is 18.4 Å². The summed E-state index contributed by atoms with van der Waals surface area (Å²) in [6, 6.07) is 0. The molecule has 0 amide bonds. The zero-order chi connectivity index (χ0) is 13.9. The van der Waals surface area contributed by atoms with Crippen LogP contribution in [0.2, 0.25) is 0 Å². The van der Waals surface area contributed by atoms with Crippen LogP contribution in [-0.4, -0.2) is 36.8 Å². The third-order valence-electron chi connectivity index (χ3n) is 2.20. The van der Waals surface area contributed by atoms with E-state index >= 15 is 0 Å². The molecule has 0 aliphatic heterocycles. The number of anilines is 1. The predicted molar refractivity (Wildman–Crippen MR) is 72.5 cm³/mol. The lowest BCUT2D eigenvalue weighted by atomic mass is 9.96. The van der Waals surface area contributed by atoms with Crippen LogP contribution in [0.25, 0.3) is 0 Å². The number of ether oxygens (including phenoxy) is 1. The molecule has 1 N–H and O–H groups in total. The third kappa shape index (κ3) is 3.96. The Morgan fingerprint density at radius 3 is 2.56 bits per heavy atom. The lowest BCUT2D eigenvalue weighted by molar-refractivity contribution is 0.0697. The van der Waals surface area contributed by atoms with Crippen molar-refractivity contribution in [2.24, 2.45) is 5.41 Å². The fourth-order valence-electron chi connectivity index (χ4n) is 1.68. The van der Waals surface area contributed by atoms with E-state index in [0.717, 1.165) is 11.7 Å². The van der Waals surface area contributed by atoms with Crippen LogP contribution >= 0.6 is 11.3 Å². The van der Waals surface area contributed by atoms with Crippen LogP contribution in [0.3, 0.4) is 0 Å². The molecule has 0 fully saturated rings. The van der Waals surface area contributed by atoms with Gasteiger partial charge in [0.05, 0.1) is 12.3 Å². The molecular weight excluding hydrogens is 252 g/mol. The van der Waals surface area contributed by atoms with Crippen LogP contribution in [0.4, 0.5) is 5.13 Å². The fraction of sp³-hybridized carbons (Fsp3) is 0.667. The molecule has 0 bridgehead atoms. The van der Waals surface area contributed by atoms with Gasteiger partial charge in [-0.05, 0) is 5.41 Å². The van der Waals surface area contributed by atoms with Gasteiger partial charge in [0.25, 0.3) is 0 Å². The van der Waals surface area contributed by atoms with Gasteiger partial charge >= 0.3 is 5.97 Å². The SMILES string of the molecule is COCc1nc(N(C)CC(C)(C)C)sc1C(=O)O. The number of methoxy groups -OCH3 is 1. The summed E-state index contributed by atoms with van der Waals surface area (Å²) in [7, 11) is 3.45. The number of rotatable bonds is 5. The topological polar surface area (TPSA) is 62.7 Å². The van der Waals surface area contributed by atoms with E-state index in [4.69, 9.17) is 9.84 Å². The average Bonchev–Trinajstić information content (AvgIpc) is 2.59. The number of carbonyl (C=O) groups is 1. The molecule has 0 unspecified atom stereocenters. The van der Waals surface area contributed by atoms with Crippen LogP contribution in [0.1, 0.15) is 36.1 Å². The maximum Gasteiger partial charge on any atom is 0.347 e. The van der Waals surface area contributed by atoms with Gasteiger partial charge in [0, 0.05) is 20.7 Å². The van der Waals surface area contributed by atoms with E-state index < -0.39 is 5.97 Å². The highest BCUT2D eigenvalue weighted by Crippen LogP contribution is 2.28. The molecule has 0 radical (unpaired) electrons. The van der Waals surface area contributed by atoms with Crippen molar-refractivity contribution in [3.8, 4) is 0 Å². The molecule has 0 aliphatic carbocycles. The third-order valence-corrected chi connectivity index (χ3v) is 3.40. The summed E-state index contributed by atoms with van der Waals surface area (Å²) in [5, 5.41) is 9.83. The molecule has 102 valence electrons. The van der Waals surface area contributed by atoms with Crippen molar-refractivity contribution < 1.29 is 14.6 Å². The van der Waals surface area contributed by atoms with Gasteiger partial charge in [0.2, 0.25) is 0 Å². The Labute approximate surface area is 111 Å². The van der Waals surface area contributed by atoms with Gasteiger partial charge in [-0.1, -0.05) is 32.1 Å². The fourth-order valence-corrected chi connectivity index (χ4v) is 2.55. The van der Waals surface area contributed by atoms with E-state index in [1.54, 1.807) is 0 Å². The smallest absolute Gasteiger partial charge is 0.347 e. The molecule has 1 aromatic rings. The number of nitrogens with zero attached hydrogens (tertiary/aromatic N) is 2. The summed E-state index contributed by atoms with van der Waals surface area (Å²) < 4.78 is 4.98. The van der Waals surface area contributed by atoms with Crippen LogP contribution in [0.5, 0.6) is 0 Å². The van der Waals surface area contributed by atoms with Crippen molar-refractivity contribution in [1.29, 1.82) is 0 Å². The van der Waals surface area contributed by atoms with Crippen LogP contribution < -0.4 is 4.90 Å². The molecular formula is C12H20N2O3S. The highest BCUT2D eigenvalue weighted by atomic mass is 32.1. The molecule has 1 aromatic heterocycles. The number of carboxylic acid groups (broad SMARTS) is 1. The number of aromatic carboxylic acids is 1. The van der Waals surface area contributed by atoms with Gasteiger partial charge in [0.15, 0.2) is 5.13 Å². The van der Waals surface area contributed by atoms with E-state index in [2.05, 4.69) is 25.8 Å². The maximum atomic E-state index is 11.1. The molecule has 0 atom stereocenters. The number of aromatic nitrogens is 1. The van der Waals surface area contributed by atoms with E-state index in [1.807, 2.05) is 11.9 Å². The van der Waals surface area contributed by atoms with Gasteiger partial charge in [-0.25, -0.2) is 9.78 Å². The lowest BCUT2D eigenvalue weighted by Crippen LogP contribution is -2.28. The Hall–Kier alpha value is -1.14. The average molecular weight is 272 g/mol. The summed E-state index contributed by atoms with van der Waals surface area (Å²) in [4.78, 5) is 17.7. The molecule has 5 nitrogen and oxygen atoms in total. The largest absolute Gasteiger partial charge is 0.477 e. The molecule has 0 spiro atoms. The summed E-state index contributed by atoms with van der Waals surface area (Å²) in [5.74, 6) is -0.949. The molecule has 0 saturated carbocycles. The van der Waals surface area contributed by atoms with Gasteiger partial charge in [0.1, 0.15) is 4.88 Å². The molecule has 0 saturated heterocycles. The Morgan fingerprint density at radius 2 is 2.11 bits per heavy atom. The first-order chi connectivity index (χ1) is 8.24. The minimum atomic E-state index is -0.949. The second-order valence-corrected chi connectivity index (χ2v) is 6.40. The highest BCUT2D eigenvalue weighted by Gasteiger charge is 2.21. The normalized spacial score (nSPS) is 11.6. The second kappa shape index (κ2) is 5.67. The zero-order valence-electron chi connectivity index (χ0n) is 11.5. The number of hydrogen-bond donors (Lipinski definition) is 1. The summed E-state index contributed by atoms with van der Waals surface area (Å²) in [6.07, 6.45) is 0. The number of carboxylic acids is 1. The quantitative estimate of drug-likeness (QED) is 0.892. The van der Waals surface area contributed by atoms with Crippen LogP contribution in [0.15, 0.2) is 0 Å². The minimum Gasteiger partial charge on any atom is -0.477 e. The van der Waals surface area contributed by atoms with E-state index in [-0.39, 0.29) is 16.9 Å². The minimum absolute atomic E-state index is 0.130. The summed E-state index contributed by atoms with van der Waals surface area (Å²) >= 11 is 1.19. The number of thiazole rings is 1. The molecule has 6 heteroatoms. The summed E-state index contributed by atoms with van der Waals surface area (Å²) in [6.45, 7) is 7.43. The Bertz CT molecular complexity index is 423. The van der Waals surface area contributed by atoms with E-state index in [9.17, 15) is 4.79 Å². The zero-order valence-corrected chi connectivity index (χ0v) is 12.3. The van der Waals surface area contributed by atoms with Crippen molar-refractivity contribution in [3.05, 3.63) is 10.6 Å². The van der Waals surface area contributed by atoms with Crippen LogP contribution in [0, 0.1) is 5.41 Å². The first-order valence-corrected chi connectivity index (χ1v) is 6.49.